The first-order chi connectivity index (χ1) is 12.6. The molecule has 0 saturated heterocycles. The van der Waals surface area contributed by atoms with Gasteiger partial charge in [0.15, 0.2) is 11.5 Å². The molecule has 0 unspecified atom stereocenters. The van der Waals surface area contributed by atoms with Crippen molar-refractivity contribution in [3.8, 4) is 11.5 Å². The second-order valence-electron chi connectivity index (χ2n) is 9.03. The van der Waals surface area contributed by atoms with Gasteiger partial charge in [0.1, 0.15) is 0 Å². The largest absolute Gasteiger partial charge is 0.504 e. The molecule has 0 aliphatic carbocycles. The Morgan fingerprint density at radius 2 is 1.33 bits per heavy atom. The second kappa shape index (κ2) is 6.80. The maximum absolute atomic E-state index is 10.7. The predicted molar refractivity (Wildman–Crippen MR) is 114 cm³/mol. The lowest BCUT2D eigenvalue weighted by Gasteiger charge is -2.44. The van der Waals surface area contributed by atoms with E-state index < -0.39 is 0 Å². The number of para-hydroxylation sites is 1. The van der Waals surface area contributed by atoms with Gasteiger partial charge in [0.05, 0.1) is 5.69 Å². The van der Waals surface area contributed by atoms with Crippen LogP contribution in [-0.4, -0.2) is 15.8 Å². The van der Waals surface area contributed by atoms with E-state index in [2.05, 4.69) is 63.8 Å². The zero-order chi connectivity index (χ0) is 19.8. The van der Waals surface area contributed by atoms with Crippen molar-refractivity contribution >= 4 is 22.1 Å². The molecule has 0 heterocycles. The molecule has 0 fully saturated rings. The summed E-state index contributed by atoms with van der Waals surface area (Å²) in [5, 5.41) is 23.1. The molecule has 0 bridgehead atoms. The Labute approximate surface area is 161 Å². The van der Waals surface area contributed by atoms with E-state index in [4.69, 9.17) is 0 Å². The molecule has 0 radical (unpaired) electrons. The van der Waals surface area contributed by atoms with E-state index in [9.17, 15) is 10.2 Å². The molecule has 2 N–H and O–H groups in total. The lowest BCUT2D eigenvalue weighted by molar-refractivity contribution is 0.283. The molecule has 3 aromatic carbocycles. The number of phenols is 2. The van der Waals surface area contributed by atoms with E-state index in [1.54, 1.807) is 6.07 Å². The number of aromatic hydroxyl groups is 2. The van der Waals surface area contributed by atoms with Crippen LogP contribution in [-0.2, 0) is 0 Å². The summed E-state index contributed by atoms with van der Waals surface area (Å²) in [5.41, 5.74) is 1.43. The molecular formula is C24H29NO2. The number of anilines is 2. The summed E-state index contributed by atoms with van der Waals surface area (Å²) in [6.45, 7) is 11.0. The Balaban J connectivity index is 2.29. The number of benzene rings is 3. The smallest absolute Gasteiger partial charge is 0.181 e. The summed E-state index contributed by atoms with van der Waals surface area (Å²) in [6, 6.07) is 19.6. The Bertz CT molecular complexity index is 949. The van der Waals surface area contributed by atoms with Crippen LogP contribution in [0, 0.1) is 5.41 Å². The van der Waals surface area contributed by atoms with Gasteiger partial charge >= 0.3 is 0 Å². The van der Waals surface area contributed by atoms with Gasteiger partial charge in [0.2, 0.25) is 0 Å². The highest BCUT2D eigenvalue weighted by atomic mass is 16.3. The number of rotatable bonds is 4. The summed E-state index contributed by atoms with van der Waals surface area (Å²) in [5.74, 6) is -0.197. The fraction of sp³-hybridized carbons (Fsp3) is 0.333. The highest BCUT2D eigenvalue weighted by molar-refractivity contribution is 5.97. The first kappa shape index (κ1) is 19.1. The molecule has 0 aromatic heterocycles. The fourth-order valence-electron chi connectivity index (χ4n) is 4.26. The molecule has 0 amide bonds. The average Bonchev–Trinajstić information content (AvgIpc) is 2.57. The maximum Gasteiger partial charge on any atom is 0.181 e. The molecule has 0 aliphatic heterocycles. The van der Waals surface area contributed by atoms with Crippen molar-refractivity contribution in [3.63, 3.8) is 0 Å². The SMILES string of the molecule is CC(C)(C)CC(C)(C)N(c1cccc(O)c1O)c1cccc2ccccc12. The molecule has 27 heavy (non-hydrogen) atoms. The van der Waals surface area contributed by atoms with Crippen LogP contribution in [0.2, 0.25) is 0 Å². The van der Waals surface area contributed by atoms with E-state index in [1.807, 2.05) is 24.3 Å². The minimum absolute atomic E-state index is 0.0904. The van der Waals surface area contributed by atoms with Crippen molar-refractivity contribution < 1.29 is 10.2 Å². The summed E-state index contributed by atoms with van der Waals surface area (Å²) in [4.78, 5) is 2.16. The lowest BCUT2D eigenvalue weighted by Crippen LogP contribution is -2.43. The molecule has 142 valence electrons. The van der Waals surface area contributed by atoms with E-state index in [0.29, 0.717) is 5.69 Å². The van der Waals surface area contributed by atoms with Gasteiger partial charge in [0.25, 0.3) is 0 Å². The van der Waals surface area contributed by atoms with Crippen LogP contribution >= 0.6 is 0 Å². The van der Waals surface area contributed by atoms with Crippen molar-refractivity contribution in [1.82, 2.24) is 0 Å². The third kappa shape index (κ3) is 3.87. The first-order valence-corrected chi connectivity index (χ1v) is 9.39. The molecule has 0 saturated carbocycles. The molecule has 0 aliphatic rings. The van der Waals surface area contributed by atoms with Crippen LogP contribution < -0.4 is 4.90 Å². The first-order valence-electron chi connectivity index (χ1n) is 9.39. The van der Waals surface area contributed by atoms with Crippen LogP contribution in [0.4, 0.5) is 11.4 Å². The van der Waals surface area contributed by atoms with E-state index in [-0.39, 0.29) is 22.5 Å². The molecule has 3 rings (SSSR count). The van der Waals surface area contributed by atoms with Gasteiger partial charge in [0, 0.05) is 16.6 Å². The standard InChI is InChI=1S/C24H29NO2/c1-23(2,3)16-24(4,5)25(20-14-9-15-21(26)22(20)27)19-13-8-11-17-10-6-7-12-18(17)19/h6-15,26-27H,16H2,1-5H3. The third-order valence-electron chi connectivity index (χ3n) is 4.81. The zero-order valence-electron chi connectivity index (χ0n) is 16.8. The molecule has 3 nitrogen and oxygen atoms in total. The van der Waals surface area contributed by atoms with Crippen LogP contribution in [0.3, 0.4) is 0 Å². The highest BCUT2D eigenvalue weighted by Gasteiger charge is 2.35. The Morgan fingerprint density at radius 1 is 0.741 bits per heavy atom. The molecule has 3 heteroatoms. The van der Waals surface area contributed by atoms with E-state index in [0.717, 1.165) is 22.9 Å². The molecular weight excluding hydrogens is 334 g/mol. The van der Waals surface area contributed by atoms with Gasteiger partial charge in [-0.3, -0.25) is 0 Å². The van der Waals surface area contributed by atoms with Crippen molar-refractivity contribution in [1.29, 1.82) is 0 Å². The van der Waals surface area contributed by atoms with Crippen LogP contribution in [0.1, 0.15) is 41.0 Å². The van der Waals surface area contributed by atoms with Crippen LogP contribution in [0.25, 0.3) is 10.8 Å². The topological polar surface area (TPSA) is 43.7 Å². The van der Waals surface area contributed by atoms with Gasteiger partial charge in [-0.1, -0.05) is 63.2 Å². The minimum atomic E-state index is -0.298. The summed E-state index contributed by atoms with van der Waals surface area (Å²) >= 11 is 0. The van der Waals surface area contributed by atoms with Gasteiger partial charge in [-0.05, 0) is 49.3 Å². The number of hydrogen-bond acceptors (Lipinski definition) is 3. The predicted octanol–water partition coefficient (Wildman–Crippen LogP) is 6.60. The minimum Gasteiger partial charge on any atom is -0.504 e. The number of fused-ring (bicyclic) bond motifs is 1. The summed E-state index contributed by atoms with van der Waals surface area (Å²) < 4.78 is 0. The third-order valence-corrected chi connectivity index (χ3v) is 4.81. The number of nitrogens with zero attached hydrogens (tertiary/aromatic N) is 1. The number of phenolic OH excluding ortho intramolecular Hbond substituents is 2. The molecule has 3 aromatic rings. The maximum atomic E-state index is 10.7. The zero-order valence-corrected chi connectivity index (χ0v) is 16.8. The Kier molecular flexibility index (Phi) is 4.81. The highest BCUT2D eigenvalue weighted by Crippen LogP contribution is 2.47. The van der Waals surface area contributed by atoms with Gasteiger partial charge < -0.3 is 15.1 Å². The lowest BCUT2D eigenvalue weighted by atomic mass is 9.80. The van der Waals surface area contributed by atoms with E-state index in [1.165, 1.54) is 6.07 Å². The van der Waals surface area contributed by atoms with Crippen molar-refractivity contribution in [2.75, 3.05) is 4.90 Å². The van der Waals surface area contributed by atoms with Gasteiger partial charge in [-0.15, -0.1) is 0 Å². The Hall–Kier alpha value is -2.68. The second-order valence-corrected chi connectivity index (χ2v) is 9.03. The monoisotopic (exact) mass is 363 g/mol. The quantitative estimate of drug-likeness (QED) is 0.513. The van der Waals surface area contributed by atoms with Gasteiger partial charge in [-0.2, -0.15) is 0 Å². The van der Waals surface area contributed by atoms with Crippen LogP contribution in [0.15, 0.2) is 60.7 Å². The number of hydrogen-bond donors (Lipinski definition) is 2. The fourth-order valence-corrected chi connectivity index (χ4v) is 4.26. The van der Waals surface area contributed by atoms with E-state index >= 15 is 0 Å². The van der Waals surface area contributed by atoms with Crippen LogP contribution in [0.5, 0.6) is 11.5 Å². The molecule has 0 spiro atoms. The molecule has 0 atom stereocenters. The van der Waals surface area contributed by atoms with Gasteiger partial charge in [-0.25, -0.2) is 0 Å². The normalized spacial score (nSPS) is 12.3. The summed E-state index contributed by atoms with van der Waals surface area (Å²) in [6.07, 6.45) is 0.901. The van der Waals surface area contributed by atoms with Crippen molar-refractivity contribution in [2.24, 2.45) is 5.41 Å². The van der Waals surface area contributed by atoms with Crippen molar-refractivity contribution in [2.45, 2.75) is 46.6 Å². The average molecular weight is 364 g/mol. The summed E-state index contributed by atoms with van der Waals surface area (Å²) in [7, 11) is 0. The van der Waals surface area contributed by atoms with Crippen molar-refractivity contribution in [3.05, 3.63) is 60.7 Å². The Morgan fingerprint density at radius 3 is 2.04 bits per heavy atom.